The van der Waals surface area contributed by atoms with E-state index in [1.165, 1.54) is 6.42 Å². The molecule has 5 nitrogen and oxygen atoms in total. The number of carbonyl (C=O) groups is 1. The average molecular weight is 336 g/mol. The van der Waals surface area contributed by atoms with Crippen molar-refractivity contribution in [3.05, 3.63) is 54.5 Å². The molecule has 3 heterocycles. The lowest BCUT2D eigenvalue weighted by molar-refractivity contribution is 0.0584. The van der Waals surface area contributed by atoms with Gasteiger partial charge in [0.1, 0.15) is 5.69 Å². The van der Waals surface area contributed by atoms with Crippen molar-refractivity contribution in [3.63, 3.8) is 0 Å². The summed E-state index contributed by atoms with van der Waals surface area (Å²) in [4.78, 5) is 15.3. The lowest BCUT2D eigenvalue weighted by Gasteiger charge is -2.36. The predicted molar refractivity (Wildman–Crippen MR) is 98.4 cm³/mol. The molecule has 2 aromatic heterocycles. The van der Waals surface area contributed by atoms with Crippen molar-refractivity contribution in [3.8, 4) is 0 Å². The average Bonchev–Trinajstić information content (AvgIpc) is 3.28. The number of benzene rings is 1. The van der Waals surface area contributed by atoms with Crippen molar-refractivity contribution in [2.24, 2.45) is 7.05 Å². The minimum atomic E-state index is 0.156. The maximum absolute atomic E-state index is 13.2. The van der Waals surface area contributed by atoms with Gasteiger partial charge in [-0.3, -0.25) is 9.48 Å². The molecule has 0 aliphatic carbocycles. The summed E-state index contributed by atoms with van der Waals surface area (Å²) in [5.74, 6) is 0.156. The quantitative estimate of drug-likeness (QED) is 0.732. The van der Waals surface area contributed by atoms with E-state index in [-0.39, 0.29) is 5.91 Å². The second-order valence-corrected chi connectivity index (χ2v) is 6.85. The number of fused-ring (bicyclic) bond motifs is 1. The van der Waals surface area contributed by atoms with E-state index in [0.29, 0.717) is 6.04 Å². The van der Waals surface area contributed by atoms with Crippen molar-refractivity contribution in [1.82, 2.24) is 19.2 Å². The maximum Gasteiger partial charge on any atom is 0.270 e. The molecular formula is C20H24N4O. The molecule has 1 atom stereocenters. The Morgan fingerprint density at radius 2 is 2.12 bits per heavy atom. The lowest BCUT2D eigenvalue weighted by Crippen LogP contribution is -2.44. The number of likely N-dealkylation sites (tertiary alicyclic amines) is 1. The number of hydrogen-bond acceptors (Lipinski definition) is 2. The molecular weight excluding hydrogens is 312 g/mol. The van der Waals surface area contributed by atoms with E-state index >= 15 is 0 Å². The second-order valence-electron chi connectivity index (χ2n) is 6.85. The van der Waals surface area contributed by atoms with Gasteiger partial charge < -0.3 is 9.47 Å². The van der Waals surface area contributed by atoms with Gasteiger partial charge in [-0.05, 0) is 43.9 Å². The van der Waals surface area contributed by atoms with Crippen LogP contribution in [0.3, 0.4) is 0 Å². The molecule has 5 heteroatoms. The van der Waals surface area contributed by atoms with E-state index in [1.54, 1.807) is 6.20 Å². The number of aryl methyl sites for hydroxylation is 2. The fourth-order valence-corrected chi connectivity index (χ4v) is 3.92. The molecule has 25 heavy (non-hydrogen) atoms. The van der Waals surface area contributed by atoms with E-state index < -0.39 is 0 Å². The van der Waals surface area contributed by atoms with E-state index in [4.69, 9.17) is 0 Å². The third-order valence-corrected chi connectivity index (χ3v) is 5.31. The Kier molecular flexibility index (Phi) is 4.30. The molecule has 1 saturated heterocycles. The Morgan fingerprint density at radius 3 is 2.92 bits per heavy atom. The van der Waals surface area contributed by atoms with Crippen LogP contribution in [0, 0.1) is 0 Å². The van der Waals surface area contributed by atoms with Crippen LogP contribution >= 0.6 is 0 Å². The van der Waals surface area contributed by atoms with Gasteiger partial charge in [0.05, 0.1) is 0 Å². The van der Waals surface area contributed by atoms with Gasteiger partial charge in [0, 0.05) is 49.5 Å². The van der Waals surface area contributed by atoms with Crippen LogP contribution in [0.4, 0.5) is 0 Å². The number of piperidine rings is 1. The van der Waals surface area contributed by atoms with Crippen LogP contribution in [-0.4, -0.2) is 37.7 Å². The number of para-hydroxylation sites is 1. The summed E-state index contributed by atoms with van der Waals surface area (Å²) in [5, 5.41) is 5.40. The minimum absolute atomic E-state index is 0.156. The van der Waals surface area contributed by atoms with Gasteiger partial charge in [0.25, 0.3) is 5.91 Å². The van der Waals surface area contributed by atoms with E-state index in [0.717, 1.165) is 48.9 Å². The Balaban J connectivity index is 1.56. The number of carbonyl (C=O) groups excluding carboxylic acids is 1. The molecule has 0 spiro atoms. The van der Waals surface area contributed by atoms with Crippen LogP contribution in [0.1, 0.15) is 36.2 Å². The van der Waals surface area contributed by atoms with Gasteiger partial charge in [0.2, 0.25) is 0 Å². The molecule has 0 bridgehead atoms. The molecule has 0 N–H and O–H groups in total. The number of amides is 1. The van der Waals surface area contributed by atoms with Crippen molar-refractivity contribution >= 4 is 16.8 Å². The van der Waals surface area contributed by atoms with Crippen LogP contribution in [-0.2, 0) is 13.6 Å². The van der Waals surface area contributed by atoms with Gasteiger partial charge in [-0.2, -0.15) is 5.10 Å². The molecule has 1 fully saturated rings. The monoisotopic (exact) mass is 336 g/mol. The molecule has 1 amide bonds. The summed E-state index contributed by atoms with van der Waals surface area (Å²) in [7, 11) is 1.98. The van der Waals surface area contributed by atoms with Crippen LogP contribution in [0.5, 0.6) is 0 Å². The Hall–Kier alpha value is -2.56. The summed E-state index contributed by atoms with van der Waals surface area (Å²) in [6.45, 7) is 1.71. The molecule has 1 aromatic carbocycles. The summed E-state index contributed by atoms with van der Waals surface area (Å²) < 4.78 is 3.98. The van der Waals surface area contributed by atoms with Gasteiger partial charge in [-0.1, -0.05) is 18.2 Å². The standard InChI is InChI=1S/C20H24N4O/c1-22-18-9-3-2-7-16(18)15-19(22)20(25)24-13-5-4-8-17(24)10-14-23-12-6-11-21-23/h2-3,6-7,9,11-12,15,17H,4-5,8,10,13-14H2,1H3/t17-/m0/s1. The largest absolute Gasteiger partial charge is 0.340 e. The Morgan fingerprint density at radius 1 is 1.24 bits per heavy atom. The molecule has 130 valence electrons. The van der Waals surface area contributed by atoms with Crippen molar-refractivity contribution in [2.75, 3.05) is 6.54 Å². The highest BCUT2D eigenvalue weighted by Gasteiger charge is 2.29. The highest BCUT2D eigenvalue weighted by atomic mass is 16.2. The zero-order valence-electron chi connectivity index (χ0n) is 14.6. The van der Waals surface area contributed by atoms with Gasteiger partial charge >= 0.3 is 0 Å². The van der Waals surface area contributed by atoms with Gasteiger partial charge in [-0.25, -0.2) is 0 Å². The first kappa shape index (κ1) is 15.9. The molecule has 1 aliphatic heterocycles. The number of nitrogens with zero attached hydrogens (tertiary/aromatic N) is 4. The minimum Gasteiger partial charge on any atom is -0.340 e. The molecule has 3 aromatic rings. The van der Waals surface area contributed by atoms with Crippen LogP contribution in [0.2, 0.25) is 0 Å². The topological polar surface area (TPSA) is 43.1 Å². The smallest absolute Gasteiger partial charge is 0.270 e. The first-order chi connectivity index (χ1) is 12.2. The zero-order valence-corrected chi connectivity index (χ0v) is 14.6. The molecule has 4 rings (SSSR count). The fourth-order valence-electron chi connectivity index (χ4n) is 3.92. The molecule has 0 saturated carbocycles. The number of aromatic nitrogens is 3. The zero-order chi connectivity index (χ0) is 17.2. The third-order valence-electron chi connectivity index (χ3n) is 5.31. The summed E-state index contributed by atoms with van der Waals surface area (Å²) in [6, 6.07) is 12.4. The number of rotatable bonds is 4. The van der Waals surface area contributed by atoms with Crippen LogP contribution in [0.15, 0.2) is 48.8 Å². The van der Waals surface area contributed by atoms with Gasteiger partial charge in [0.15, 0.2) is 0 Å². The summed E-state index contributed by atoms with van der Waals surface area (Å²) in [6.07, 6.45) is 8.11. The SMILES string of the molecule is Cn1c(C(=O)N2CCCC[C@H]2CCn2cccn2)cc2ccccc21. The van der Waals surface area contributed by atoms with Crippen LogP contribution < -0.4 is 0 Å². The predicted octanol–water partition coefficient (Wildman–Crippen LogP) is 3.46. The Labute approximate surface area is 147 Å². The molecule has 0 unspecified atom stereocenters. The number of hydrogen-bond donors (Lipinski definition) is 0. The Bertz CT molecular complexity index is 865. The molecule has 0 radical (unpaired) electrons. The van der Waals surface area contributed by atoms with Crippen LogP contribution in [0.25, 0.3) is 10.9 Å². The molecule has 1 aliphatic rings. The summed E-state index contributed by atoms with van der Waals surface area (Å²) >= 11 is 0. The fraction of sp³-hybridized carbons (Fsp3) is 0.400. The first-order valence-electron chi connectivity index (χ1n) is 9.07. The first-order valence-corrected chi connectivity index (χ1v) is 9.07. The van der Waals surface area contributed by atoms with E-state index in [2.05, 4.69) is 22.1 Å². The van der Waals surface area contributed by atoms with E-state index in [9.17, 15) is 4.79 Å². The second kappa shape index (κ2) is 6.75. The normalized spacial score (nSPS) is 18.0. The van der Waals surface area contributed by atoms with Crippen molar-refractivity contribution < 1.29 is 4.79 Å². The van der Waals surface area contributed by atoms with Gasteiger partial charge in [-0.15, -0.1) is 0 Å². The maximum atomic E-state index is 13.2. The highest BCUT2D eigenvalue weighted by Crippen LogP contribution is 2.25. The van der Waals surface area contributed by atoms with E-state index in [1.807, 2.05) is 46.8 Å². The third kappa shape index (κ3) is 3.06. The van der Waals surface area contributed by atoms with Crippen molar-refractivity contribution in [1.29, 1.82) is 0 Å². The summed E-state index contributed by atoms with van der Waals surface area (Å²) in [5.41, 5.74) is 1.89. The lowest BCUT2D eigenvalue weighted by atomic mass is 9.99. The van der Waals surface area contributed by atoms with Crippen molar-refractivity contribution in [2.45, 2.75) is 38.3 Å². The highest BCUT2D eigenvalue weighted by molar-refractivity contribution is 5.98.